The number of nitrogens with zero attached hydrogens (tertiary/aromatic N) is 3. The van der Waals surface area contributed by atoms with Crippen molar-refractivity contribution < 1.29 is 9.59 Å². The van der Waals surface area contributed by atoms with Crippen LogP contribution in [0.25, 0.3) is 0 Å². The van der Waals surface area contributed by atoms with Crippen LogP contribution in [0.15, 0.2) is 36.7 Å². The average Bonchev–Trinajstić information content (AvgIpc) is 3.44. The number of fused-ring (bicyclic) bond motifs is 2. The molecule has 3 atom stereocenters. The lowest BCUT2D eigenvalue weighted by Gasteiger charge is -2.33. The van der Waals surface area contributed by atoms with Gasteiger partial charge in [-0.15, -0.1) is 0 Å². The number of nitrogens with one attached hydrogen (secondary N) is 2. The summed E-state index contributed by atoms with van der Waals surface area (Å²) < 4.78 is 0. The monoisotopic (exact) mass is 407 g/mol. The number of H-pyrrole nitrogens is 1. The molecule has 0 spiro atoms. The molecule has 0 unspecified atom stereocenters. The van der Waals surface area contributed by atoms with Gasteiger partial charge in [0.1, 0.15) is 0 Å². The Kier molecular flexibility index (Phi) is 5.29. The summed E-state index contributed by atoms with van der Waals surface area (Å²) in [5, 5.41) is 9.75. The number of aromatic amines is 1. The fourth-order valence-corrected chi connectivity index (χ4v) is 5.46. The summed E-state index contributed by atoms with van der Waals surface area (Å²) in [6, 6.07) is 8.66. The molecule has 1 aromatic carbocycles. The van der Waals surface area contributed by atoms with Crippen molar-refractivity contribution in [2.45, 2.75) is 38.3 Å². The van der Waals surface area contributed by atoms with Crippen LogP contribution in [0, 0.1) is 11.8 Å². The van der Waals surface area contributed by atoms with Gasteiger partial charge in [0.05, 0.1) is 18.3 Å². The summed E-state index contributed by atoms with van der Waals surface area (Å²) in [4.78, 5) is 29.9. The Morgan fingerprint density at radius 3 is 2.87 bits per heavy atom. The fourth-order valence-electron chi connectivity index (χ4n) is 5.46. The number of carbonyl (C=O) groups is 2. The van der Waals surface area contributed by atoms with Gasteiger partial charge < -0.3 is 10.2 Å². The first-order valence-electron chi connectivity index (χ1n) is 11.0. The predicted octanol–water partition coefficient (Wildman–Crippen LogP) is 1.82. The largest absolute Gasteiger partial charge is 0.349 e. The molecule has 7 heteroatoms. The van der Waals surface area contributed by atoms with Crippen molar-refractivity contribution in [3.8, 4) is 0 Å². The van der Waals surface area contributed by atoms with Gasteiger partial charge in [0, 0.05) is 44.3 Å². The standard InChI is InChI=1S/C23H29N5O2/c29-22(15-27-9-8-16-4-1-2-5-17(16)12-27)28-13-18-6-3-7-21(20(18)14-28)26-23(30)19-10-24-25-11-19/h1-2,4-5,10-11,18,20-21H,3,6-9,12-15H2,(H,24,25)(H,26,30)/t18-,20+,21-/m0/s1. The first kappa shape index (κ1) is 19.3. The van der Waals surface area contributed by atoms with Crippen molar-refractivity contribution in [3.63, 3.8) is 0 Å². The van der Waals surface area contributed by atoms with Crippen LogP contribution in [0.2, 0.25) is 0 Å². The summed E-state index contributed by atoms with van der Waals surface area (Å²) in [5.74, 6) is 0.981. The number of rotatable bonds is 4. The number of hydrogen-bond acceptors (Lipinski definition) is 4. The average molecular weight is 408 g/mol. The van der Waals surface area contributed by atoms with Gasteiger partial charge in [0.25, 0.3) is 5.91 Å². The van der Waals surface area contributed by atoms with Gasteiger partial charge in [-0.2, -0.15) is 5.10 Å². The Labute approximate surface area is 176 Å². The van der Waals surface area contributed by atoms with E-state index in [1.807, 2.05) is 4.90 Å². The van der Waals surface area contributed by atoms with E-state index < -0.39 is 0 Å². The molecule has 2 fully saturated rings. The molecule has 5 rings (SSSR count). The fraction of sp³-hybridized carbons (Fsp3) is 0.522. The van der Waals surface area contributed by atoms with Gasteiger partial charge >= 0.3 is 0 Å². The van der Waals surface area contributed by atoms with Gasteiger partial charge in [-0.05, 0) is 36.3 Å². The van der Waals surface area contributed by atoms with Gasteiger partial charge in [0.15, 0.2) is 0 Å². The van der Waals surface area contributed by atoms with E-state index >= 15 is 0 Å². The molecule has 158 valence electrons. The van der Waals surface area contributed by atoms with Crippen molar-refractivity contribution >= 4 is 11.8 Å². The highest BCUT2D eigenvalue weighted by atomic mass is 16.2. The van der Waals surface area contributed by atoms with E-state index in [0.29, 0.717) is 23.9 Å². The first-order chi connectivity index (χ1) is 14.7. The molecule has 1 aliphatic carbocycles. The lowest BCUT2D eigenvalue weighted by molar-refractivity contribution is -0.131. The van der Waals surface area contributed by atoms with Gasteiger partial charge in [0.2, 0.25) is 5.91 Å². The highest BCUT2D eigenvalue weighted by molar-refractivity contribution is 5.93. The van der Waals surface area contributed by atoms with Crippen LogP contribution < -0.4 is 5.32 Å². The molecular weight excluding hydrogens is 378 g/mol. The second kappa shape index (κ2) is 8.22. The summed E-state index contributed by atoms with van der Waals surface area (Å²) in [7, 11) is 0. The van der Waals surface area contributed by atoms with Crippen LogP contribution in [-0.2, 0) is 17.8 Å². The van der Waals surface area contributed by atoms with Gasteiger partial charge in [-0.25, -0.2) is 0 Å². The third kappa shape index (κ3) is 3.86. The Bertz CT molecular complexity index is 912. The number of likely N-dealkylation sites (tertiary alicyclic amines) is 1. The molecule has 1 saturated heterocycles. The lowest BCUT2D eigenvalue weighted by atomic mass is 9.78. The molecule has 2 aromatic rings. The number of hydrogen-bond donors (Lipinski definition) is 2. The highest BCUT2D eigenvalue weighted by Crippen LogP contribution is 2.36. The molecule has 1 aromatic heterocycles. The molecule has 2 amide bonds. The summed E-state index contributed by atoms with van der Waals surface area (Å²) in [6.45, 7) is 3.86. The predicted molar refractivity (Wildman–Crippen MR) is 113 cm³/mol. The molecule has 1 saturated carbocycles. The van der Waals surface area contributed by atoms with Crippen molar-refractivity contribution in [1.82, 2.24) is 25.3 Å². The SMILES string of the molecule is O=C(N[C@H]1CCC[C@H]2CN(C(=O)CN3CCc4ccccc4C3)C[C@H]21)c1cn[nH]c1. The van der Waals surface area contributed by atoms with E-state index in [-0.39, 0.29) is 17.9 Å². The summed E-state index contributed by atoms with van der Waals surface area (Å²) in [5.41, 5.74) is 3.31. The Morgan fingerprint density at radius 2 is 2.03 bits per heavy atom. The molecule has 0 radical (unpaired) electrons. The van der Waals surface area contributed by atoms with E-state index in [1.165, 1.54) is 11.1 Å². The van der Waals surface area contributed by atoms with Crippen LogP contribution in [-0.4, -0.2) is 64.0 Å². The zero-order chi connectivity index (χ0) is 20.5. The van der Waals surface area contributed by atoms with Crippen LogP contribution in [0.3, 0.4) is 0 Å². The second-order valence-corrected chi connectivity index (χ2v) is 8.95. The molecule has 2 N–H and O–H groups in total. The molecule has 30 heavy (non-hydrogen) atoms. The molecular formula is C23H29N5O2. The van der Waals surface area contributed by atoms with Crippen LogP contribution in [0.5, 0.6) is 0 Å². The van der Waals surface area contributed by atoms with Crippen LogP contribution >= 0.6 is 0 Å². The van der Waals surface area contributed by atoms with E-state index in [0.717, 1.165) is 51.9 Å². The van der Waals surface area contributed by atoms with Crippen molar-refractivity contribution in [2.24, 2.45) is 11.8 Å². The highest BCUT2D eigenvalue weighted by Gasteiger charge is 2.42. The van der Waals surface area contributed by atoms with Crippen molar-refractivity contribution in [3.05, 3.63) is 53.3 Å². The topological polar surface area (TPSA) is 81.3 Å². The minimum absolute atomic E-state index is 0.0776. The molecule has 7 nitrogen and oxygen atoms in total. The van der Waals surface area contributed by atoms with E-state index in [2.05, 4.69) is 44.7 Å². The third-order valence-electron chi connectivity index (χ3n) is 7.10. The molecule has 2 aliphatic heterocycles. The van der Waals surface area contributed by atoms with Crippen molar-refractivity contribution in [1.29, 1.82) is 0 Å². The smallest absolute Gasteiger partial charge is 0.254 e. The molecule has 3 heterocycles. The maximum atomic E-state index is 13.1. The van der Waals surface area contributed by atoms with Gasteiger partial charge in [-0.1, -0.05) is 30.7 Å². The number of carbonyl (C=O) groups excluding carboxylic acids is 2. The third-order valence-corrected chi connectivity index (χ3v) is 7.10. The number of benzene rings is 1. The van der Waals surface area contributed by atoms with Gasteiger partial charge in [-0.3, -0.25) is 19.6 Å². The van der Waals surface area contributed by atoms with E-state index in [4.69, 9.17) is 0 Å². The zero-order valence-corrected chi connectivity index (χ0v) is 17.2. The van der Waals surface area contributed by atoms with Crippen molar-refractivity contribution in [2.75, 3.05) is 26.2 Å². The minimum atomic E-state index is -0.0776. The Balaban J connectivity index is 1.19. The number of aromatic nitrogens is 2. The minimum Gasteiger partial charge on any atom is -0.349 e. The quantitative estimate of drug-likeness (QED) is 0.810. The molecule has 3 aliphatic rings. The first-order valence-corrected chi connectivity index (χ1v) is 11.0. The normalized spacial score (nSPS) is 26.1. The lowest BCUT2D eigenvalue weighted by Crippen LogP contribution is -2.45. The van der Waals surface area contributed by atoms with Crippen LogP contribution in [0.1, 0.15) is 40.7 Å². The zero-order valence-electron chi connectivity index (χ0n) is 17.2. The Hall–Kier alpha value is -2.67. The molecule has 0 bridgehead atoms. The summed E-state index contributed by atoms with van der Waals surface area (Å²) in [6.07, 6.45) is 7.41. The number of amides is 2. The van der Waals surface area contributed by atoms with E-state index in [1.54, 1.807) is 12.4 Å². The second-order valence-electron chi connectivity index (χ2n) is 8.95. The van der Waals surface area contributed by atoms with E-state index in [9.17, 15) is 9.59 Å². The Morgan fingerprint density at radius 1 is 1.17 bits per heavy atom. The van der Waals surface area contributed by atoms with Crippen LogP contribution in [0.4, 0.5) is 0 Å². The maximum Gasteiger partial charge on any atom is 0.254 e. The maximum absolute atomic E-state index is 13.1. The summed E-state index contributed by atoms with van der Waals surface area (Å²) >= 11 is 0.